The molecule has 0 aromatic carbocycles. The van der Waals surface area contributed by atoms with Crippen LogP contribution in [0.4, 0.5) is 0 Å². The van der Waals surface area contributed by atoms with Crippen LogP contribution in [0.15, 0.2) is 0 Å². The largest absolute Gasteiger partial charge is 0.330 e. The lowest BCUT2D eigenvalue weighted by Gasteiger charge is -2.21. The molecule has 0 rings (SSSR count). The number of rotatable bonds is 34. The average molecular weight is 599 g/mol. The lowest BCUT2D eigenvalue weighted by Crippen LogP contribution is -2.29. The molecule has 0 aromatic heterocycles. The Hall–Kier alpha value is -0.240. The van der Waals surface area contributed by atoms with Crippen LogP contribution in [0, 0.1) is 0 Å². The van der Waals surface area contributed by atoms with Crippen molar-refractivity contribution in [1.29, 1.82) is 0 Å². The predicted molar refractivity (Wildman–Crippen MR) is 191 cm³/mol. The summed E-state index contributed by atoms with van der Waals surface area (Å²) < 4.78 is 0. The molecule has 0 aliphatic heterocycles. The van der Waals surface area contributed by atoms with Crippen molar-refractivity contribution in [3.8, 4) is 0 Å². The Kier molecular flexibility index (Phi) is 42.6. The van der Waals surface area contributed by atoms with Crippen LogP contribution in [0.3, 0.4) is 0 Å². The van der Waals surface area contributed by atoms with Gasteiger partial charge in [0.25, 0.3) is 0 Å². The second-order valence-corrected chi connectivity index (χ2v) is 12.6. The van der Waals surface area contributed by atoms with E-state index < -0.39 is 0 Å². The van der Waals surface area contributed by atoms with Gasteiger partial charge in [0.15, 0.2) is 0 Å². The molecule has 0 atom stereocenters. The number of nitrogens with two attached hydrogens (primary N) is 4. The number of hydrogen-bond donors (Lipinski definition) is 4. The smallest absolute Gasteiger partial charge is 0.000671 e. The first-order chi connectivity index (χ1) is 20.7. The van der Waals surface area contributed by atoms with E-state index in [-0.39, 0.29) is 0 Å². The topological polar surface area (TPSA) is 111 Å². The summed E-state index contributed by atoms with van der Waals surface area (Å²) in [5.41, 5.74) is 22.4. The molecule has 0 fully saturated rings. The van der Waals surface area contributed by atoms with Crippen LogP contribution < -0.4 is 22.9 Å². The minimum atomic E-state index is 0.803. The summed E-state index contributed by atoms with van der Waals surface area (Å²) >= 11 is 0. The zero-order chi connectivity index (χ0) is 31.2. The van der Waals surface area contributed by atoms with E-state index >= 15 is 0 Å². The van der Waals surface area contributed by atoms with Gasteiger partial charge in [-0.3, -0.25) is 0 Å². The molecule has 0 aliphatic carbocycles. The van der Waals surface area contributed by atoms with E-state index in [1.807, 2.05) is 0 Å². The minimum Gasteiger partial charge on any atom is -0.330 e. The molecule has 0 heterocycles. The van der Waals surface area contributed by atoms with Crippen LogP contribution in [-0.2, 0) is 0 Å². The quantitative estimate of drug-likeness (QED) is 0.0562. The van der Waals surface area contributed by atoms with Crippen molar-refractivity contribution in [2.24, 2.45) is 22.9 Å². The first-order valence-corrected chi connectivity index (χ1v) is 18.9. The van der Waals surface area contributed by atoms with Gasteiger partial charge in [-0.2, -0.15) is 0 Å². The highest BCUT2D eigenvalue weighted by Crippen LogP contribution is 2.12. The van der Waals surface area contributed by atoms with Gasteiger partial charge < -0.3 is 32.7 Å². The van der Waals surface area contributed by atoms with Crippen molar-refractivity contribution < 1.29 is 0 Å². The molecule has 0 saturated heterocycles. The molecule has 8 N–H and O–H groups in total. The molecule has 6 nitrogen and oxygen atoms in total. The van der Waals surface area contributed by atoms with E-state index in [4.69, 9.17) is 22.9 Å². The molecule has 0 saturated carbocycles. The molecule has 0 unspecified atom stereocenters. The highest BCUT2D eigenvalue weighted by atomic mass is 15.1. The number of hydrogen-bond acceptors (Lipinski definition) is 6. The summed E-state index contributed by atoms with van der Waals surface area (Å²) in [7, 11) is 0. The fourth-order valence-corrected chi connectivity index (χ4v) is 5.58. The molecule has 42 heavy (non-hydrogen) atoms. The van der Waals surface area contributed by atoms with Crippen LogP contribution in [0.1, 0.15) is 168 Å². The molecule has 0 radical (unpaired) electrons. The average Bonchev–Trinajstić information content (AvgIpc) is 3.01. The summed E-state index contributed by atoms with van der Waals surface area (Å²) in [6, 6.07) is 0. The Morgan fingerprint density at radius 2 is 0.452 bits per heavy atom. The monoisotopic (exact) mass is 599 g/mol. The van der Waals surface area contributed by atoms with E-state index in [0.717, 1.165) is 78.0 Å². The Morgan fingerprint density at radius 3 is 0.667 bits per heavy atom. The summed E-state index contributed by atoms with van der Waals surface area (Å²) in [6.07, 6.45) is 32.7. The van der Waals surface area contributed by atoms with Crippen molar-refractivity contribution in [2.75, 3.05) is 65.4 Å². The van der Waals surface area contributed by atoms with Gasteiger partial charge in [-0.05, 0) is 104 Å². The lowest BCUT2D eigenvalue weighted by atomic mass is 10.1. The Labute approximate surface area is 265 Å². The maximum atomic E-state index is 5.61. The van der Waals surface area contributed by atoms with E-state index in [2.05, 4.69) is 23.6 Å². The van der Waals surface area contributed by atoms with Crippen LogP contribution in [0.5, 0.6) is 0 Å². The molecule has 0 bridgehead atoms. The van der Waals surface area contributed by atoms with Gasteiger partial charge in [-0.25, -0.2) is 0 Å². The maximum absolute atomic E-state index is 5.61. The molecular formula is C36H82N6. The summed E-state index contributed by atoms with van der Waals surface area (Å²) in [6.45, 7) is 14.8. The molecular weight excluding hydrogens is 516 g/mol. The standard InChI is InChI=1S/2C18H41N3/c2*1-2-3-4-5-6-7-8-9-10-11-16-21(17-12-14-19)18-13-15-20/h2*2-20H2,1H3. The van der Waals surface area contributed by atoms with Gasteiger partial charge in [0.1, 0.15) is 0 Å². The fourth-order valence-electron chi connectivity index (χ4n) is 5.58. The van der Waals surface area contributed by atoms with Crippen molar-refractivity contribution >= 4 is 0 Å². The Balaban J connectivity index is 0. The van der Waals surface area contributed by atoms with Crippen LogP contribution >= 0.6 is 0 Å². The first-order valence-electron chi connectivity index (χ1n) is 18.9. The fraction of sp³-hybridized carbons (Fsp3) is 1.00. The van der Waals surface area contributed by atoms with E-state index in [1.54, 1.807) is 0 Å². The van der Waals surface area contributed by atoms with Gasteiger partial charge >= 0.3 is 0 Å². The van der Waals surface area contributed by atoms with Crippen LogP contribution in [0.2, 0.25) is 0 Å². The third-order valence-electron chi connectivity index (χ3n) is 8.37. The predicted octanol–water partition coefficient (Wildman–Crippen LogP) is 7.81. The van der Waals surface area contributed by atoms with Crippen molar-refractivity contribution in [2.45, 2.75) is 168 Å². The zero-order valence-corrected chi connectivity index (χ0v) is 29.2. The summed E-state index contributed by atoms with van der Waals surface area (Å²) in [4.78, 5) is 5.09. The third-order valence-corrected chi connectivity index (χ3v) is 8.37. The van der Waals surface area contributed by atoms with Gasteiger partial charge in [0.2, 0.25) is 0 Å². The van der Waals surface area contributed by atoms with Gasteiger partial charge in [0, 0.05) is 0 Å². The minimum absolute atomic E-state index is 0.803. The van der Waals surface area contributed by atoms with E-state index in [1.165, 1.54) is 142 Å². The van der Waals surface area contributed by atoms with E-state index in [9.17, 15) is 0 Å². The highest BCUT2D eigenvalue weighted by molar-refractivity contribution is 4.61. The number of unbranched alkanes of at least 4 members (excludes halogenated alkanes) is 18. The second-order valence-electron chi connectivity index (χ2n) is 12.6. The molecule has 0 amide bonds. The lowest BCUT2D eigenvalue weighted by molar-refractivity contribution is 0.263. The van der Waals surface area contributed by atoms with Crippen molar-refractivity contribution in [3.63, 3.8) is 0 Å². The SMILES string of the molecule is CCCCCCCCCCCCN(CCCN)CCCN.CCCCCCCCCCCCN(CCCN)CCCN. The zero-order valence-electron chi connectivity index (χ0n) is 29.2. The Bertz CT molecular complexity index is 395. The molecule has 0 spiro atoms. The highest BCUT2D eigenvalue weighted by Gasteiger charge is 2.04. The van der Waals surface area contributed by atoms with E-state index in [0.29, 0.717) is 0 Å². The maximum Gasteiger partial charge on any atom is -0.000671 e. The Morgan fingerprint density at radius 1 is 0.262 bits per heavy atom. The summed E-state index contributed by atoms with van der Waals surface area (Å²) in [5.74, 6) is 0. The number of nitrogens with zero attached hydrogens (tertiary/aromatic N) is 2. The van der Waals surface area contributed by atoms with Gasteiger partial charge in [-0.1, -0.05) is 129 Å². The van der Waals surface area contributed by atoms with Gasteiger partial charge in [0.05, 0.1) is 0 Å². The third kappa shape index (κ3) is 37.8. The molecule has 0 aromatic rings. The normalized spacial score (nSPS) is 11.4. The summed E-state index contributed by atoms with van der Waals surface area (Å²) in [5, 5.41) is 0. The molecule has 0 aliphatic rings. The van der Waals surface area contributed by atoms with Crippen LogP contribution in [0.25, 0.3) is 0 Å². The molecule has 6 heteroatoms. The van der Waals surface area contributed by atoms with Crippen LogP contribution in [-0.4, -0.2) is 75.2 Å². The first kappa shape index (κ1) is 43.9. The molecule has 256 valence electrons. The van der Waals surface area contributed by atoms with Crippen molar-refractivity contribution in [1.82, 2.24) is 9.80 Å². The van der Waals surface area contributed by atoms with Crippen molar-refractivity contribution in [3.05, 3.63) is 0 Å². The van der Waals surface area contributed by atoms with Gasteiger partial charge in [-0.15, -0.1) is 0 Å². The second kappa shape index (κ2) is 40.8.